The largest absolute Gasteiger partial charge is 0.461 e. The molecule has 3 aliphatic rings. The molecule has 0 spiro atoms. The molecule has 2 nitrogen and oxygen atoms in total. The van der Waals surface area contributed by atoms with Gasteiger partial charge in [-0.3, -0.25) is 0 Å². The summed E-state index contributed by atoms with van der Waals surface area (Å²) in [6.45, 7) is 5.14. The molecule has 3 aliphatic carbocycles. The maximum atomic E-state index is 12.6. The van der Waals surface area contributed by atoms with E-state index in [0.29, 0.717) is 24.7 Å². The molecule has 2 unspecified atom stereocenters. The molecule has 4 heteroatoms. The second-order valence-electron chi connectivity index (χ2n) is 6.10. The van der Waals surface area contributed by atoms with Crippen molar-refractivity contribution in [1.29, 1.82) is 0 Å². The van der Waals surface area contributed by atoms with E-state index in [4.69, 9.17) is 0 Å². The first kappa shape index (κ1) is 13.5. The molecule has 0 amide bonds. The Bertz CT molecular complexity index is 380. The molecule has 3 rings (SSSR count). The fraction of sp³-hybridized carbons (Fsp3) is 0.786. The number of alkyl halides is 2. The van der Waals surface area contributed by atoms with Crippen molar-refractivity contribution in [3.8, 4) is 0 Å². The van der Waals surface area contributed by atoms with Gasteiger partial charge in [0.15, 0.2) is 0 Å². The van der Waals surface area contributed by atoms with E-state index in [-0.39, 0.29) is 6.61 Å². The highest BCUT2D eigenvalue weighted by molar-refractivity contribution is 5.76. The van der Waals surface area contributed by atoms with Gasteiger partial charge in [0.25, 0.3) is 0 Å². The molecule has 0 aromatic rings. The van der Waals surface area contributed by atoms with Crippen molar-refractivity contribution in [3.05, 3.63) is 11.6 Å². The summed E-state index contributed by atoms with van der Waals surface area (Å²) >= 11 is 0. The van der Waals surface area contributed by atoms with E-state index in [9.17, 15) is 13.6 Å². The van der Waals surface area contributed by atoms with Gasteiger partial charge in [0.1, 0.15) is 0 Å². The molecule has 0 aromatic heterocycles. The van der Waals surface area contributed by atoms with Crippen LogP contribution in [0.15, 0.2) is 11.6 Å². The summed E-state index contributed by atoms with van der Waals surface area (Å²) in [6, 6.07) is 0. The monoisotopic (exact) mass is 258 g/mol. The van der Waals surface area contributed by atoms with Crippen LogP contribution in [0.1, 0.15) is 40.0 Å². The predicted molar refractivity (Wildman–Crippen MR) is 64.3 cm³/mol. The van der Waals surface area contributed by atoms with Gasteiger partial charge < -0.3 is 4.74 Å². The van der Waals surface area contributed by atoms with E-state index in [2.05, 4.69) is 24.7 Å². The Morgan fingerprint density at radius 3 is 2.72 bits per heavy atom. The van der Waals surface area contributed by atoms with E-state index >= 15 is 0 Å². The Kier molecular flexibility index (Phi) is 3.24. The summed E-state index contributed by atoms with van der Waals surface area (Å²) < 4.78 is 29.8. The zero-order chi connectivity index (χ0) is 13.6. The molecule has 2 bridgehead atoms. The lowest BCUT2D eigenvalue weighted by Gasteiger charge is -2.56. The van der Waals surface area contributed by atoms with Crippen LogP contribution in [0.4, 0.5) is 8.78 Å². The highest BCUT2D eigenvalue weighted by atomic mass is 19.3. The number of hydrogen-bond donors (Lipinski definition) is 0. The first-order chi connectivity index (χ1) is 8.23. The zero-order valence-electron chi connectivity index (χ0n) is 11.1. The maximum Gasteiger partial charge on any atom is 0.376 e. The number of allylic oxidation sites excluding steroid dienone is 1. The third kappa shape index (κ3) is 2.29. The highest BCUT2D eigenvalue weighted by Gasteiger charge is 2.50. The molecule has 18 heavy (non-hydrogen) atoms. The average Bonchev–Trinajstić information content (AvgIpc) is 2.27. The number of halogens is 2. The third-order valence-corrected chi connectivity index (χ3v) is 4.56. The molecule has 1 fully saturated rings. The minimum atomic E-state index is -3.39. The maximum absolute atomic E-state index is 12.6. The van der Waals surface area contributed by atoms with Gasteiger partial charge in [-0.15, -0.1) is 0 Å². The van der Waals surface area contributed by atoms with E-state index in [1.807, 2.05) is 0 Å². The number of hydrogen-bond acceptors (Lipinski definition) is 2. The summed E-state index contributed by atoms with van der Waals surface area (Å²) in [5.74, 6) is -3.52. The van der Waals surface area contributed by atoms with Crippen LogP contribution in [0.2, 0.25) is 0 Å². The van der Waals surface area contributed by atoms with Gasteiger partial charge in [0.2, 0.25) is 0 Å². The first-order valence-electron chi connectivity index (χ1n) is 6.47. The van der Waals surface area contributed by atoms with Crippen molar-refractivity contribution < 1.29 is 18.3 Å². The van der Waals surface area contributed by atoms with Crippen molar-refractivity contribution in [2.24, 2.45) is 17.3 Å². The number of carbonyl (C=O) groups is 1. The molecule has 0 saturated heterocycles. The Morgan fingerprint density at radius 2 is 2.22 bits per heavy atom. The molecule has 102 valence electrons. The van der Waals surface area contributed by atoms with Crippen LogP contribution in [-0.2, 0) is 9.53 Å². The van der Waals surface area contributed by atoms with Crippen LogP contribution in [0.25, 0.3) is 0 Å². The van der Waals surface area contributed by atoms with Crippen molar-refractivity contribution in [2.75, 3.05) is 6.61 Å². The standard InChI is InChI=1S/C14H20F2O2/c1-13(2)10-5-4-9(11(13)8-10)6-7-18-12(17)14(3,15)16/h4,10-11H,5-8H2,1-3H3. The van der Waals surface area contributed by atoms with E-state index in [1.165, 1.54) is 12.0 Å². The van der Waals surface area contributed by atoms with Crippen LogP contribution in [0.5, 0.6) is 0 Å². The lowest BCUT2D eigenvalue weighted by Crippen LogP contribution is -2.48. The fourth-order valence-electron chi connectivity index (χ4n) is 3.15. The molecule has 0 aliphatic heterocycles. The lowest BCUT2D eigenvalue weighted by molar-refractivity contribution is -0.169. The Labute approximate surface area is 106 Å². The van der Waals surface area contributed by atoms with E-state index < -0.39 is 11.9 Å². The van der Waals surface area contributed by atoms with Crippen molar-refractivity contribution >= 4 is 5.97 Å². The Morgan fingerprint density at radius 1 is 1.56 bits per heavy atom. The molecule has 0 heterocycles. The molecular weight excluding hydrogens is 238 g/mol. The quantitative estimate of drug-likeness (QED) is 0.569. The van der Waals surface area contributed by atoms with Crippen LogP contribution < -0.4 is 0 Å². The summed E-state index contributed by atoms with van der Waals surface area (Å²) in [5, 5.41) is 0. The Balaban J connectivity index is 1.82. The molecule has 0 aromatic carbocycles. The fourth-order valence-corrected chi connectivity index (χ4v) is 3.15. The molecule has 2 atom stereocenters. The molecule has 0 N–H and O–H groups in total. The van der Waals surface area contributed by atoms with Gasteiger partial charge in [0, 0.05) is 13.3 Å². The third-order valence-electron chi connectivity index (χ3n) is 4.56. The summed E-state index contributed by atoms with van der Waals surface area (Å²) in [5.41, 5.74) is 1.60. The zero-order valence-corrected chi connectivity index (χ0v) is 11.1. The van der Waals surface area contributed by atoms with Gasteiger partial charge in [-0.1, -0.05) is 25.5 Å². The van der Waals surface area contributed by atoms with Gasteiger partial charge in [-0.25, -0.2) is 4.79 Å². The smallest absolute Gasteiger partial charge is 0.376 e. The van der Waals surface area contributed by atoms with Crippen LogP contribution in [-0.4, -0.2) is 18.5 Å². The summed E-state index contributed by atoms with van der Waals surface area (Å²) in [6.07, 6.45) is 5.04. The lowest BCUT2D eigenvalue weighted by atomic mass is 9.48. The number of rotatable bonds is 4. The van der Waals surface area contributed by atoms with Crippen molar-refractivity contribution in [1.82, 2.24) is 0 Å². The van der Waals surface area contributed by atoms with Crippen LogP contribution in [0, 0.1) is 17.3 Å². The minimum Gasteiger partial charge on any atom is -0.461 e. The average molecular weight is 258 g/mol. The van der Waals surface area contributed by atoms with Crippen molar-refractivity contribution in [2.45, 2.75) is 46.0 Å². The first-order valence-corrected chi connectivity index (χ1v) is 6.47. The van der Waals surface area contributed by atoms with Crippen LogP contribution in [0.3, 0.4) is 0 Å². The topological polar surface area (TPSA) is 26.3 Å². The van der Waals surface area contributed by atoms with Gasteiger partial charge in [0.05, 0.1) is 6.61 Å². The van der Waals surface area contributed by atoms with Gasteiger partial charge in [-0.2, -0.15) is 8.78 Å². The number of carbonyl (C=O) groups excluding carboxylic acids is 1. The van der Waals surface area contributed by atoms with Crippen molar-refractivity contribution in [3.63, 3.8) is 0 Å². The van der Waals surface area contributed by atoms with E-state index in [1.54, 1.807) is 0 Å². The van der Waals surface area contributed by atoms with E-state index in [0.717, 1.165) is 12.3 Å². The second-order valence-corrected chi connectivity index (χ2v) is 6.10. The normalized spacial score (nSPS) is 29.3. The number of ether oxygens (including phenoxy) is 1. The SMILES string of the molecule is CC(F)(F)C(=O)OCCC1=CCC2CC1C2(C)C. The van der Waals surface area contributed by atoms with Crippen LogP contribution >= 0.6 is 0 Å². The second kappa shape index (κ2) is 4.32. The van der Waals surface area contributed by atoms with Gasteiger partial charge >= 0.3 is 11.9 Å². The summed E-state index contributed by atoms with van der Waals surface area (Å²) in [7, 11) is 0. The summed E-state index contributed by atoms with van der Waals surface area (Å²) in [4.78, 5) is 10.9. The number of esters is 1. The number of fused-ring (bicyclic) bond motifs is 1. The molecular formula is C14H20F2O2. The van der Waals surface area contributed by atoms with Gasteiger partial charge in [-0.05, 0) is 30.1 Å². The minimum absolute atomic E-state index is 0.0609. The molecule has 0 radical (unpaired) electrons. The molecule has 1 saturated carbocycles. The Hall–Kier alpha value is -0.930. The highest BCUT2D eigenvalue weighted by Crippen LogP contribution is 2.59. The predicted octanol–water partition coefficient (Wildman–Crippen LogP) is 3.57.